The van der Waals surface area contributed by atoms with E-state index in [4.69, 9.17) is 9.47 Å². The van der Waals surface area contributed by atoms with Crippen molar-refractivity contribution < 1.29 is 14.6 Å². The van der Waals surface area contributed by atoms with Gasteiger partial charge < -0.3 is 25.2 Å². The average Bonchev–Trinajstić information content (AvgIpc) is 2.56. The van der Waals surface area contributed by atoms with Gasteiger partial charge in [0, 0.05) is 19.7 Å². The van der Waals surface area contributed by atoms with Crippen molar-refractivity contribution in [2.24, 2.45) is 4.99 Å². The summed E-state index contributed by atoms with van der Waals surface area (Å²) >= 11 is 0. The fraction of sp³-hybridized carbons (Fsp3) is 0.562. The van der Waals surface area contributed by atoms with E-state index in [1.54, 1.807) is 7.11 Å². The van der Waals surface area contributed by atoms with Gasteiger partial charge >= 0.3 is 0 Å². The molecule has 0 aliphatic carbocycles. The summed E-state index contributed by atoms with van der Waals surface area (Å²) in [5, 5.41) is 16.5. The van der Waals surface area contributed by atoms with E-state index in [0.717, 1.165) is 17.9 Å². The fourth-order valence-electron chi connectivity index (χ4n) is 1.86. The first kappa shape index (κ1) is 21.9. The lowest BCUT2D eigenvalue weighted by atomic mass is 10.1. The van der Waals surface area contributed by atoms with Gasteiger partial charge in [-0.25, -0.2) is 0 Å². The Hall–Kier alpha value is -1.06. The van der Waals surface area contributed by atoms with Crippen molar-refractivity contribution in [3.05, 3.63) is 29.8 Å². The van der Waals surface area contributed by atoms with E-state index in [0.29, 0.717) is 25.7 Å². The lowest BCUT2D eigenvalue weighted by Gasteiger charge is -2.13. The highest BCUT2D eigenvalue weighted by Crippen LogP contribution is 2.19. The number of aliphatic hydroxyl groups excluding tert-OH is 1. The minimum Gasteiger partial charge on any atom is -0.497 e. The van der Waals surface area contributed by atoms with E-state index in [2.05, 4.69) is 15.6 Å². The van der Waals surface area contributed by atoms with Crippen LogP contribution < -0.4 is 15.4 Å². The van der Waals surface area contributed by atoms with Crippen LogP contribution in [0.5, 0.6) is 5.75 Å². The van der Waals surface area contributed by atoms with E-state index >= 15 is 0 Å². The van der Waals surface area contributed by atoms with Crippen LogP contribution in [0, 0.1) is 0 Å². The molecular formula is C16H28IN3O3. The maximum Gasteiger partial charge on any atom is 0.191 e. The minimum atomic E-state index is -0.669. The van der Waals surface area contributed by atoms with Gasteiger partial charge in [0.15, 0.2) is 5.96 Å². The van der Waals surface area contributed by atoms with Crippen LogP contribution in [0.25, 0.3) is 0 Å². The molecule has 0 heterocycles. The zero-order valence-corrected chi connectivity index (χ0v) is 16.4. The van der Waals surface area contributed by atoms with Crippen LogP contribution in [0.1, 0.15) is 25.5 Å². The first-order valence-corrected chi connectivity index (χ1v) is 7.63. The smallest absolute Gasteiger partial charge is 0.191 e. The molecule has 0 saturated carbocycles. The molecule has 1 atom stereocenters. The Labute approximate surface area is 155 Å². The van der Waals surface area contributed by atoms with Crippen LogP contribution in [0.15, 0.2) is 29.3 Å². The van der Waals surface area contributed by atoms with Crippen molar-refractivity contribution in [3.63, 3.8) is 0 Å². The largest absolute Gasteiger partial charge is 0.497 e. The standard InChI is InChI=1S/C16H27N3O3.HI/c1-4-17-16(18-9-10-22-5-2)19-12-15(20)13-7-6-8-14(11-13)21-3;/h6-8,11,15,20H,4-5,9-10,12H2,1-3H3,(H2,17,18,19);1H. The number of nitrogens with zero attached hydrogens (tertiary/aromatic N) is 1. The molecular weight excluding hydrogens is 409 g/mol. The number of aliphatic imine (C=N–C) groups is 1. The number of ether oxygens (including phenoxy) is 2. The normalized spacial score (nSPS) is 12.3. The Kier molecular flexibility index (Phi) is 12.8. The maximum atomic E-state index is 10.2. The van der Waals surface area contributed by atoms with Crippen molar-refractivity contribution in [1.29, 1.82) is 0 Å². The van der Waals surface area contributed by atoms with Gasteiger partial charge in [0.2, 0.25) is 0 Å². The molecule has 0 fully saturated rings. The number of nitrogens with one attached hydrogen (secondary N) is 2. The molecule has 1 aromatic carbocycles. The molecule has 0 radical (unpaired) electrons. The molecule has 23 heavy (non-hydrogen) atoms. The van der Waals surface area contributed by atoms with E-state index in [9.17, 15) is 5.11 Å². The van der Waals surface area contributed by atoms with Crippen LogP contribution in [-0.4, -0.2) is 51.0 Å². The van der Waals surface area contributed by atoms with Gasteiger partial charge in [-0.05, 0) is 31.5 Å². The van der Waals surface area contributed by atoms with Gasteiger partial charge in [0.05, 0.1) is 26.4 Å². The Morgan fingerprint density at radius 3 is 2.74 bits per heavy atom. The summed E-state index contributed by atoms with van der Waals surface area (Å²) in [6, 6.07) is 7.37. The van der Waals surface area contributed by atoms with Gasteiger partial charge in [-0.2, -0.15) is 0 Å². The second-order valence-electron chi connectivity index (χ2n) is 4.64. The molecule has 1 unspecified atom stereocenters. The van der Waals surface area contributed by atoms with Crippen molar-refractivity contribution in [2.75, 3.05) is 40.0 Å². The van der Waals surface area contributed by atoms with E-state index in [1.165, 1.54) is 0 Å². The van der Waals surface area contributed by atoms with E-state index in [1.807, 2.05) is 38.1 Å². The van der Waals surface area contributed by atoms with Gasteiger partial charge in [0.25, 0.3) is 0 Å². The zero-order valence-electron chi connectivity index (χ0n) is 14.0. The van der Waals surface area contributed by atoms with Crippen LogP contribution in [-0.2, 0) is 4.74 Å². The van der Waals surface area contributed by atoms with Gasteiger partial charge in [-0.1, -0.05) is 12.1 Å². The van der Waals surface area contributed by atoms with Crippen molar-refractivity contribution >= 4 is 29.9 Å². The lowest BCUT2D eigenvalue weighted by Crippen LogP contribution is -2.39. The zero-order chi connectivity index (χ0) is 16.2. The summed E-state index contributed by atoms with van der Waals surface area (Å²) in [6.07, 6.45) is -0.669. The molecule has 7 heteroatoms. The number of guanidine groups is 1. The second-order valence-corrected chi connectivity index (χ2v) is 4.64. The maximum absolute atomic E-state index is 10.2. The Morgan fingerprint density at radius 2 is 2.09 bits per heavy atom. The Balaban J connectivity index is 0.00000484. The van der Waals surface area contributed by atoms with Gasteiger partial charge in [-0.3, -0.25) is 4.99 Å². The van der Waals surface area contributed by atoms with Gasteiger partial charge in [0.1, 0.15) is 5.75 Å². The van der Waals surface area contributed by atoms with Crippen molar-refractivity contribution in [3.8, 4) is 5.75 Å². The average molecular weight is 437 g/mol. The SMILES string of the molecule is CCNC(=NCC(O)c1cccc(OC)c1)NCCOCC.I. The van der Waals surface area contributed by atoms with E-state index in [-0.39, 0.29) is 30.5 Å². The summed E-state index contributed by atoms with van der Waals surface area (Å²) in [4.78, 5) is 4.39. The molecule has 0 bridgehead atoms. The molecule has 0 saturated heterocycles. The number of aliphatic hydroxyl groups is 1. The predicted octanol–water partition coefficient (Wildman–Crippen LogP) is 1.94. The highest BCUT2D eigenvalue weighted by molar-refractivity contribution is 14.0. The number of hydrogen-bond donors (Lipinski definition) is 3. The van der Waals surface area contributed by atoms with E-state index < -0.39 is 6.10 Å². The molecule has 0 aliphatic heterocycles. The Morgan fingerprint density at radius 1 is 1.30 bits per heavy atom. The quantitative estimate of drug-likeness (QED) is 0.238. The second kappa shape index (κ2) is 13.4. The summed E-state index contributed by atoms with van der Waals surface area (Å²) in [6.45, 7) is 6.99. The molecule has 3 N–H and O–H groups in total. The third kappa shape index (κ3) is 8.97. The predicted molar refractivity (Wildman–Crippen MR) is 104 cm³/mol. The molecule has 1 rings (SSSR count). The number of hydrogen-bond acceptors (Lipinski definition) is 4. The molecule has 132 valence electrons. The number of rotatable bonds is 9. The lowest BCUT2D eigenvalue weighted by molar-refractivity contribution is 0.152. The first-order valence-electron chi connectivity index (χ1n) is 7.63. The molecule has 0 spiro atoms. The molecule has 6 nitrogen and oxygen atoms in total. The van der Waals surface area contributed by atoms with Gasteiger partial charge in [-0.15, -0.1) is 24.0 Å². The van der Waals surface area contributed by atoms with Crippen LogP contribution in [0.4, 0.5) is 0 Å². The number of benzene rings is 1. The summed E-state index contributed by atoms with van der Waals surface area (Å²) in [7, 11) is 1.61. The Bertz CT molecular complexity index is 458. The van der Waals surface area contributed by atoms with Crippen molar-refractivity contribution in [2.45, 2.75) is 20.0 Å². The number of halogens is 1. The summed E-state index contributed by atoms with van der Waals surface area (Å²) < 4.78 is 10.4. The fourth-order valence-corrected chi connectivity index (χ4v) is 1.86. The highest BCUT2D eigenvalue weighted by atomic mass is 127. The number of methoxy groups -OCH3 is 1. The molecule has 1 aromatic rings. The highest BCUT2D eigenvalue weighted by Gasteiger charge is 2.08. The molecule has 0 aliphatic rings. The van der Waals surface area contributed by atoms with Crippen LogP contribution >= 0.6 is 24.0 Å². The van der Waals surface area contributed by atoms with Crippen LogP contribution in [0.3, 0.4) is 0 Å². The minimum absolute atomic E-state index is 0. The molecule has 0 aromatic heterocycles. The van der Waals surface area contributed by atoms with Crippen molar-refractivity contribution in [1.82, 2.24) is 10.6 Å². The summed E-state index contributed by atoms with van der Waals surface area (Å²) in [5.74, 6) is 1.39. The monoisotopic (exact) mass is 437 g/mol. The van der Waals surface area contributed by atoms with Crippen LogP contribution in [0.2, 0.25) is 0 Å². The topological polar surface area (TPSA) is 75.1 Å². The molecule has 0 amide bonds. The third-order valence-corrected chi connectivity index (χ3v) is 2.99. The third-order valence-electron chi connectivity index (χ3n) is 2.99. The first-order chi connectivity index (χ1) is 10.7. The summed E-state index contributed by atoms with van der Waals surface area (Å²) in [5.41, 5.74) is 0.785.